The number of nitrogens with zero attached hydrogens (tertiary/aromatic N) is 3. The Hall–Kier alpha value is -3.33. The Morgan fingerprint density at radius 3 is 2.38 bits per heavy atom. The van der Waals surface area contributed by atoms with Crippen molar-refractivity contribution >= 4 is 16.8 Å². The second-order valence-electron chi connectivity index (χ2n) is 6.71. The zero-order valence-electron chi connectivity index (χ0n) is 14.8. The number of para-hydroxylation sites is 2. The number of aromatic nitrogens is 3. The highest BCUT2D eigenvalue weighted by molar-refractivity contribution is 5.82. The summed E-state index contributed by atoms with van der Waals surface area (Å²) in [6.07, 6.45) is 2.20. The number of hydrogen-bond donors (Lipinski definition) is 0. The predicted molar refractivity (Wildman–Crippen MR) is 107 cm³/mol. The van der Waals surface area contributed by atoms with E-state index in [1.807, 2.05) is 6.07 Å². The maximum atomic E-state index is 4.93. The van der Waals surface area contributed by atoms with E-state index in [0.29, 0.717) is 0 Å². The van der Waals surface area contributed by atoms with Crippen molar-refractivity contribution in [3.8, 4) is 16.9 Å². The lowest BCUT2D eigenvalue weighted by Gasteiger charge is -2.13. The molecule has 0 unspecified atom stereocenters. The molecule has 0 bridgehead atoms. The van der Waals surface area contributed by atoms with Crippen LogP contribution in [0.25, 0.3) is 33.8 Å². The van der Waals surface area contributed by atoms with E-state index in [0.717, 1.165) is 22.5 Å². The molecule has 0 fully saturated rings. The quantitative estimate of drug-likeness (QED) is 0.413. The molecule has 126 valence electrons. The summed E-state index contributed by atoms with van der Waals surface area (Å²) in [5.74, 6) is 0.943. The number of imidazole rings is 2. The number of aryl methyl sites for hydroxylation is 1. The fourth-order valence-electron chi connectivity index (χ4n) is 3.63. The van der Waals surface area contributed by atoms with Crippen LogP contribution in [-0.4, -0.2) is 14.0 Å². The number of rotatable bonds is 2. The number of benzene rings is 3. The van der Waals surface area contributed by atoms with Crippen LogP contribution >= 0.6 is 0 Å². The molecule has 2 aromatic heterocycles. The Balaban J connectivity index is 1.93. The molecule has 0 saturated carbocycles. The largest absolute Gasteiger partial charge is 0.283 e. The highest BCUT2D eigenvalue weighted by Crippen LogP contribution is 2.31. The Bertz CT molecular complexity index is 1240. The van der Waals surface area contributed by atoms with Crippen molar-refractivity contribution < 1.29 is 0 Å². The third kappa shape index (κ3) is 2.10. The smallest absolute Gasteiger partial charge is 0.220 e. The summed E-state index contributed by atoms with van der Waals surface area (Å²) in [7, 11) is 0. The zero-order valence-corrected chi connectivity index (χ0v) is 14.8. The Kier molecular flexibility index (Phi) is 3.22. The van der Waals surface area contributed by atoms with E-state index < -0.39 is 0 Å². The lowest BCUT2D eigenvalue weighted by molar-refractivity contribution is 1.06. The molecule has 5 aromatic rings. The van der Waals surface area contributed by atoms with Gasteiger partial charge in [0.25, 0.3) is 0 Å². The van der Waals surface area contributed by atoms with Crippen LogP contribution in [0.1, 0.15) is 11.1 Å². The second-order valence-corrected chi connectivity index (χ2v) is 6.71. The normalized spacial score (nSPS) is 11.5. The first kappa shape index (κ1) is 15.0. The van der Waals surface area contributed by atoms with E-state index in [-0.39, 0.29) is 0 Å². The van der Waals surface area contributed by atoms with Crippen LogP contribution in [0.5, 0.6) is 0 Å². The van der Waals surface area contributed by atoms with Crippen molar-refractivity contribution in [2.24, 2.45) is 0 Å². The lowest BCUT2D eigenvalue weighted by Crippen LogP contribution is -2.01. The number of fused-ring (bicyclic) bond motifs is 3. The molecule has 0 spiro atoms. The minimum atomic E-state index is 0.943. The van der Waals surface area contributed by atoms with Crippen LogP contribution < -0.4 is 0 Å². The average molecular weight is 337 g/mol. The first-order valence-electron chi connectivity index (χ1n) is 8.84. The van der Waals surface area contributed by atoms with Crippen molar-refractivity contribution in [2.75, 3.05) is 0 Å². The SMILES string of the molecule is Cc1cccc(-n2c(-c3ccccc3)cn3c4ccccc4nc23)c1C. The summed E-state index contributed by atoms with van der Waals surface area (Å²) in [5.41, 5.74) is 8.20. The summed E-state index contributed by atoms with van der Waals surface area (Å²) in [6.45, 7) is 4.34. The van der Waals surface area contributed by atoms with Gasteiger partial charge in [-0.15, -0.1) is 0 Å². The molecule has 3 nitrogen and oxygen atoms in total. The monoisotopic (exact) mass is 337 g/mol. The Morgan fingerprint density at radius 2 is 1.54 bits per heavy atom. The highest BCUT2D eigenvalue weighted by Gasteiger charge is 2.18. The molecule has 0 amide bonds. The van der Waals surface area contributed by atoms with Crippen LogP contribution in [0.3, 0.4) is 0 Å². The molecular formula is C23H19N3. The van der Waals surface area contributed by atoms with Crippen LogP contribution in [-0.2, 0) is 0 Å². The first-order chi connectivity index (χ1) is 12.7. The molecule has 0 aliphatic carbocycles. The Labute approximate surface area is 152 Å². The zero-order chi connectivity index (χ0) is 17.7. The van der Waals surface area contributed by atoms with Gasteiger partial charge in [0.1, 0.15) is 0 Å². The highest BCUT2D eigenvalue weighted by atomic mass is 15.2. The van der Waals surface area contributed by atoms with Gasteiger partial charge >= 0.3 is 0 Å². The van der Waals surface area contributed by atoms with Crippen molar-refractivity contribution in [1.82, 2.24) is 14.0 Å². The van der Waals surface area contributed by atoms with E-state index in [1.165, 1.54) is 22.4 Å². The van der Waals surface area contributed by atoms with E-state index >= 15 is 0 Å². The number of hydrogen-bond acceptors (Lipinski definition) is 1. The minimum Gasteiger partial charge on any atom is -0.283 e. The third-order valence-corrected chi connectivity index (χ3v) is 5.16. The van der Waals surface area contributed by atoms with Crippen molar-refractivity contribution in [2.45, 2.75) is 13.8 Å². The summed E-state index contributed by atoms with van der Waals surface area (Å²) in [5, 5.41) is 0. The van der Waals surface area contributed by atoms with Crippen LogP contribution in [0.4, 0.5) is 0 Å². The van der Waals surface area contributed by atoms with Gasteiger partial charge in [-0.1, -0.05) is 54.6 Å². The standard InChI is InChI=1S/C23H19N3/c1-16-9-8-14-20(17(16)2)26-22(18-10-4-3-5-11-18)15-25-21-13-7-6-12-19(21)24-23(25)26/h3-15H,1-2H3. The first-order valence-corrected chi connectivity index (χ1v) is 8.84. The van der Waals surface area contributed by atoms with Gasteiger partial charge in [0, 0.05) is 11.8 Å². The topological polar surface area (TPSA) is 22.2 Å². The molecule has 0 N–H and O–H groups in total. The summed E-state index contributed by atoms with van der Waals surface area (Å²) >= 11 is 0. The molecular weight excluding hydrogens is 318 g/mol. The molecule has 0 radical (unpaired) electrons. The van der Waals surface area contributed by atoms with Gasteiger partial charge in [-0.05, 0) is 43.2 Å². The predicted octanol–water partition coefficient (Wildman–Crippen LogP) is 5.56. The minimum absolute atomic E-state index is 0.943. The maximum Gasteiger partial charge on any atom is 0.220 e. The van der Waals surface area contributed by atoms with Gasteiger partial charge in [-0.2, -0.15) is 0 Å². The molecule has 2 heterocycles. The van der Waals surface area contributed by atoms with Gasteiger partial charge in [-0.25, -0.2) is 4.98 Å². The molecule has 3 heteroatoms. The average Bonchev–Trinajstić information content (AvgIpc) is 3.21. The summed E-state index contributed by atoms with van der Waals surface area (Å²) < 4.78 is 4.47. The van der Waals surface area contributed by atoms with Crippen LogP contribution in [0.2, 0.25) is 0 Å². The van der Waals surface area contributed by atoms with Gasteiger partial charge < -0.3 is 0 Å². The molecule has 0 saturated heterocycles. The van der Waals surface area contributed by atoms with Crippen molar-refractivity contribution in [3.05, 3.63) is 90.1 Å². The fraction of sp³-hybridized carbons (Fsp3) is 0.0870. The Morgan fingerprint density at radius 1 is 0.769 bits per heavy atom. The lowest BCUT2D eigenvalue weighted by atomic mass is 10.1. The van der Waals surface area contributed by atoms with Gasteiger partial charge in [0.05, 0.1) is 22.4 Å². The maximum absolute atomic E-state index is 4.93. The van der Waals surface area contributed by atoms with Gasteiger partial charge in [-0.3, -0.25) is 8.97 Å². The van der Waals surface area contributed by atoms with E-state index in [2.05, 4.69) is 95.7 Å². The molecule has 0 aliphatic heterocycles. The van der Waals surface area contributed by atoms with Gasteiger partial charge in [0.2, 0.25) is 5.78 Å². The summed E-state index contributed by atoms with van der Waals surface area (Å²) in [6, 6.07) is 25.3. The fourth-order valence-corrected chi connectivity index (χ4v) is 3.63. The molecule has 3 aromatic carbocycles. The van der Waals surface area contributed by atoms with E-state index in [9.17, 15) is 0 Å². The van der Waals surface area contributed by atoms with Gasteiger partial charge in [0.15, 0.2) is 0 Å². The third-order valence-electron chi connectivity index (χ3n) is 5.16. The molecule has 5 rings (SSSR count). The van der Waals surface area contributed by atoms with Crippen LogP contribution in [0.15, 0.2) is 79.0 Å². The van der Waals surface area contributed by atoms with E-state index in [1.54, 1.807) is 0 Å². The molecule has 0 atom stereocenters. The second kappa shape index (κ2) is 5.60. The summed E-state index contributed by atoms with van der Waals surface area (Å²) in [4.78, 5) is 4.93. The van der Waals surface area contributed by atoms with Crippen molar-refractivity contribution in [1.29, 1.82) is 0 Å². The molecule has 0 aliphatic rings. The molecule has 26 heavy (non-hydrogen) atoms. The van der Waals surface area contributed by atoms with E-state index in [4.69, 9.17) is 4.98 Å². The van der Waals surface area contributed by atoms with Crippen LogP contribution in [0, 0.1) is 13.8 Å². The van der Waals surface area contributed by atoms with Crippen molar-refractivity contribution in [3.63, 3.8) is 0 Å².